The molecule has 0 N–H and O–H groups in total. The minimum Gasteiger partial charge on any atom is -0.459 e. The van der Waals surface area contributed by atoms with Crippen molar-refractivity contribution in [3.8, 4) is 0 Å². The number of carbonyl (C=O) groups excluding carboxylic acids is 1. The minimum absolute atomic E-state index is 0.0435. The first-order chi connectivity index (χ1) is 11.1. The van der Waals surface area contributed by atoms with Crippen LogP contribution in [0.15, 0.2) is 0 Å². The second-order valence-corrected chi connectivity index (χ2v) is 8.78. The molecular formula is C21H36O2. The summed E-state index contributed by atoms with van der Waals surface area (Å²) in [6.45, 7) is 4.38. The average molecular weight is 321 g/mol. The minimum atomic E-state index is -0.0760. The quantitative estimate of drug-likeness (QED) is 0.559. The van der Waals surface area contributed by atoms with E-state index >= 15 is 0 Å². The maximum Gasteiger partial charge on any atom is 0.306 e. The van der Waals surface area contributed by atoms with Crippen LogP contribution in [0.4, 0.5) is 0 Å². The molecule has 0 aliphatic heterocycles. The largest absolute Gasteiger partial charge is 0.459 e. The summed E-state index contributed by atoms with van der Waals surface area (Å²) in [6.07, 6.45) is 17.5. The molecule has 0 heterocycles. The van der Waals surface area contributed by atoms with Crippen LogP contribution in [0.25, 0.3) is 0 Å². The normalized spacial score (nSPS) is 40.1. The zero-order valence-corrected chi connectivity index (χ0v) is 15.4. The molecule has 4 aliphatic carbocycles. The van der Waals surface area contributed by atoms with Crippen molar-refractivity contribution in [1.29, 1.82) is 0 Å². The lowest BCUT2D eigenvalue weighted by molar-refractivity contribution is -0.182. The van der Waals surface area contributed by atoms with Gasteiger partial charge in [-0.1, -0.05) is 39.5 Å². The van der Waals surface area contributed by atoms with Gasteiger partial charge in [-0.3, -0.25) is 4.79 Å². The molecule has 0 amide bonds. The molecule has 0 atom stereocenters. The molecule has 23 heavy (non-hydrogen) atoms. The molecule has 2 bridgehead atoms. The van der Waals surface area contributed by atoms with Crippen molar-refractivity contribution < 1.29 is 9.53 Å². The molecule has 0 radical (unpaired) electrons. The van der Waals surface area contributed by atoms with Gasteiger partial charge in [0.2, 0.25) is 0 Å². The Morgan fingerprint density at radius 2 is 1.52 bits per heavy atom. The molecule has 4 aliphatic rings. The Morgan fingerprint density at radius 1 is 0.913 bits per heavy atom. The van der Waals surface area contributed by atoms with Gasteiger partial charge in [0.05, 0.1) is 0 Å². The van der Waals surface area contributed by atoms with Crippen LogP contribution in [0, 0.1) is 17.3 Å². The Labute approximate surface area is 142 Å². The van der Waals surface area contributed by atoms with Crippen molar-refractivity contribution in [1.82, 2.24) is 0 Å². The molecule has 0 saturated heterocycles. The predicted molar refractivity (Wildman–Crippen MR) is 94.2 cm³/mol. The summed E-state index contributed by atoms with van der Waals surface area (Å²) in [7, 11) is 0. The number of esters is 1. The van der Waals surface area contributed by atoms with E-state index in [1.807, 2.05) is 0 Å². The molecule has 0 unspecified atom stereocenters. The van der Waals surface area contributed by atoms with Crippen LogP contribution in [0.1, 0.15) is 104 Å². The fourth-order valence-corrected chi connectivity index (χ4v) is 5.91. The van der Waals surface area contributed by atoms with Crippen LogP contribution in [0.5, 0.6) is 0 Å². The van der Waals surface area contributed by atoms with Gasteiger partial charge in [-0.25, -0.2) is 0 Å². The van der Waals surface area contributed by atoms with Crippen molar-refractivity contribution in [2.45, 2.75) is 109 Å². The van der Waals surface area contributed by atoms with Crippen LogP contribution >= 0.6 is 0 Å². The van der Waals surface area contributed by atoms with Gasteiger partial charge in [0.25, 0.3) is 0 Å². The standard InChI is InChI=1S/C21H36O2/c1-3-5-17-7-9-18(10-8-17)20-11-14-21(15-12-20,16-13-20)23-19(22)6-4-2/h17-18H,3-16H2,1-2H3. The summed E-state index contributed by atoms with van der Waals surface area (Å²) in [4.78, 5) is 11.9. The summed E-state index contributed by atoms with van der Waals surface area (Å²) in [5, 5.41) is 0. The highest BCUT2D eigenvalue weighted by atomic mass is 16.6. The second-order valence-electron chi connectivity index (χ2n) is 8.78. The Morgan fingerprint density at radius 3 is 2.04 bits per heavy atom. The van der Waals surface area contributed by atoms with Crippen LogP contribution in [0.3, 0.4) is 0 Å². The van der Waals surface area contributed by atoms with E-state index < -0.39 is 0 Å². The highest BCUT2D eigenvalue weighted by Gasteiger charge is 2.53. The first kappa shape index (κ1) is 17.3. The van der Waals surface area contributed by atoms with E-state index in [1.165, 1.54) is 57.8 Å². The Bertz CT molecular complexity index is 382. The topological polar surface area (TPSA) is 26.3 Å². The highest BCUT2D eigenvalue weighted by Crippen LogP contribution is 2.60. The first-order valence-corrected chi connectivity index (χ1v) is 10.3. The van der Waals surface area contributed by atoms with Crippen LogP contribution < -0.4 is 0 Å². The monoisotopic (exact) mass is 320 g/mol. The van der Waals surface area contributed by atoms with Crippen molar-refractivity contribution >= 4 is 5.97 Å². The summed E-state index contributed by atoms with van der Waals surface area (Å²) in [6, 6.07) is 0. The molecule has 132 valence electrons. The van der Waals surface area contributed by atoms with Crippen LogP contribution in [0.2, 0.25) is 0 Å². The molecule has 0 aromatic rings. The maximum atomic E-state index is 11.9. The van der Waals surface area contributed by atoms with Gasteiger partial charge in [0.1, 0.15) is 5.60 Å². The van der Waals surface area contributed by atoms with Gasteiger partial charge in [0.15, 0.2) is 0 Å². The van der Waals surface area contributed by atoms with Crippen molar-refractivity contribution in [3.63, 3.8) is 0 Å². The van der Waals surface area contributed by atoms with Gasteiger partial charge >= 0.3 is 5.97 Å². The Balaban J connectivity index is 1.54. The molecule has 2 heteroatoms. The van der Waals surface area contributed by atoms with Gasteiger partial charge in [-0.2, -0.15) is 0 Å². The van der Waals surface area contributed by atoms with E-state index in [9.17, 15) is 4.79 Å². The Kier molecular flexibility index (Phi) is 5.38. The summed E-state index contributed by atoms with van der Waals surface area (Å²) in [5.41, 5.74) is 0.531. The van der Waals surface area contributed by atoms with Crippen molar-refractivity contribution in [2.24, 2.45) is 17.3 Å². The van der Waals surface area contributed by atoms with Gasteiger partial charge < -0.3 is 4.74 Å². The zero-order valence-electron chi connectivity index (χ0n) is 15.4. The van der Waals surface area contributed by atoms with Crippen LogP contribution in [-0.4, -0.2) is 11.6 Å². The van der Waals surface area contributed by atoms with E-state index in [1.54, 1.807) is 0 Å². The van der Waals surface area contributed by atoms with Gasteiger partial charge in [0, 0.05) is 6.42 Å². The van der Waals surface area contributed by atoms with Crippen molar-refractivity contribution in [2.75, 3.05) is 0 Å². The highest BCUT2D eigenvalue weighted by molar-refractivity contribution is 5.69. The molecule has 0 aromatic heterocycles. The number of hydrogen-bond donors (Lipinski definition) is 0. The van der Waals surface area contributed by atoms with E-state index in [0.29, 0.717) is 11.8 Å². The lowest BCUT2D eigenvalue weighted by atomic mass is 9.51. The predicted octanol–water partition coefficient (Wildman–Crippen LogP) is 6.03. The van der Waals surface area contributed by atoms with Gasteiger partial charge in [-0.15, -0.1) is 0 Å². The average Bonchev–Trinajstić information content (AvgIpc) is 2.57. The maximum absolute atomic E-state index is 11.9. The second kappa shape index (κ2) is 7.15. The number of hydrogen-bond acceptors (Lipinski definition) is 2. The summed E-state index contributed by atoms with van der Waals surface area (Å²) < 4.78 is 5.95. The van der Waals surface area contributed by atoms with Gasteiger partial charge in [-0.05, 0) is 75.0 Å². The molecule has 0 spiro atoms. The fraction of sp³-hybridized carbons (Fsp3) is 0.952. The molecule has 4 saturated carbocycles. The molecule has 4 fully saturated rings. The van der Waals surface area contributed by atoms with E-state index in [-0.39, 0.29) is 11.6 Å². The third-order valence-electron chi connectivity index (χ3n) is 7.43. The number of fused-ring (bicyclic) bond motifs is 3. The summed E-state index contributed by atoms with van der Waals surface area (Å²) in [5.74, 6) is 2.01. The smallest absolute Gasteiger partial charge is 0.306 e. The zero-order chi connectivity index (χ0) is 16.3. The lowest BCUT2D eigenvalue weighted by Crippen LogP contribution is -2.51. The molecule has 0 aromatic carbocycles. The number of ether oxygens (including phenoxy) is 1. The van der Waals surface area contributed by atoms with Crippen LogP contribution in [-0.2, 0) is 9.53 Å². The molecule has 2 nitrogen and oxygen atoms in total. The number of rotatable bonds is 6. The lowest BCUT2D eigenvalue weighted by Gasteiger charge is -2.56. The first-order valence-electron chi connectivity index (χ1n) is 10.3. The molecule has 4 rings (SSSR count). The third-order valence-corrected chi connectivity index (χ3v) is 7.43. The van der Waals surface area contributed by atoms with Crippen molar-refractivity contribution in [3.05, 3.63) is 0 Å². The third kappa shape index (κ3) is 3.61. The SMILES string of the molecule is CCCC(=O)OC12CCC(C3CCC(CCC)CC3)(CC1)CC2. The fourth-order valence-electron chi connectivity index (χ4n) is 5.91. The summed E-state index contributed by atoms with van der Waals surface area (Å²) >= 11 is 0. The molecular weight excluding hydrogens is 284 g/mol. The number of carbonyl (C=O) groups is 1. The van der Waals surface area contributed by atoms with E-state index in [4.69, 9.17) is 4.74 Å². The van der Waals surface area contributed by atoms with E-state index in [2.05, 4.69) is 13.8 Å². The Hall–Kier alpha value is -0.530. The van der Waals surface area contributed by atoms with E-state index in [0.717, 1.165) is 37.5 Å².